The van der Waals surface area contributed by atoms with Crippen molar-refractivity contribution in [1.29, 1.82) is 0 Å². The fourth-order valence-corrected chi connectivity index (χ4v) is 3.74. The predicted octanol–water partition coefficient (Wildman–Crippen LogP) is 3.82. The second kappa shape index (κ2) is 11.9. The SMILES string of the molecule is CCCCCCC(O)C[N+](CCC)(CCC)C(CC)C(=O)O. The van der Waals surface area contributed by atoms with Gasteiger partial charge in [0.15, 0.2) is 6.04 Å². The minimum atomic E-state index is -0.720. The number of carbonyl (C=O) groups is 1. The van der Waals surface area contributed by atoms with Crippen LogP contribution in [0.15, 0.2) is 0 Å². The van der Waals surface area contributed by atoms with Gasteiger partial charge in [0.05, 0.1) is 13.1 Å². The lowest BCUT2D eigenvalue weighted by Gasteiger charge is -2.44. The number of unbranched alkanes of at least 4 members (excludes halogenated alkanes) is 3. The molecule has 0 aromatic heterocycles. The summed E-state index contributed by atoms with van der Waals surface area (Å²) in [7, 11) is 0. The number of carboxylic acid groups (broad SMARTS) is 1. The van der Waals surface area contributed by atoms with Gasteiger partial charge in [0.2, 0.25) is 0 Å². The summed E-state index contributed by atoms with van der Waals surface area (Å²) >= 11 is 0. The van der Waals surface area contributed by atoms with Crippen LogP contribution < -0.4 is 0 Å². The zero-order chi connectivity index (χ0) is 17.0. The zero-order valence-electron chi connectivity index (χ0n) is 15.2. The lowest BCUT2D eigenvalue weighted by molar-refractivity contribution is -0.946. The van der Waals surface area contributed by atoms with Crippen molar-refractivity contribution in [2.24, 2.45) is 0 Å². The smallest absolute Gasteiger partial charge is 0.362 e. The molecule has 0 radical (unpaired) electrons. The highest BCUT2D eigenvalue weighted by molar-refractivity contribution is 5.72. The quantitative estimate of drug-likeness (QED) is 0.378. The van der Waals surface area contributed by atoms with Gasteiger partial charge in [-0.3, -0.25) is 0 Å². The van der Waals surface area contributed by atoms with Crippen LogP contribution >= 0.6 is 0 Å². The Kier molecular flexibility index (Phi) is 11.6. The van der Waals surface area contributed by atoms with E-state index in [1.807, 2.05) is 6.92 Å². The van der Waals surface area contributed by atoms with E-state index in [0.717, 1.165) is 45.2 Å². The minimum Gasteiger partial charge on any atom is -0.477 e. The number of rotatable bonds is 14. The van der Waals surface area contributed by atoms with Gasteiger partial charge in [0, 0.05) is 6.42 Å². The molecular weight excluding hydrogens is 278 g/mol. The maximum absolute atomic E-state index is 11.7. The van der Waals surface area contributed by atoms with Crippen LogP contribution in [-0.4, -0.2) is 52.4 Å². The molecule has 0 bridgehead atoms. The van der Waals surface area contributed by atoms with E-state index >= 15 is 0 Å². The van der Waals surface area contributed by atoms with Gasteiger partial charge in [-0.15, -0.1) is 0 Å². The molecule has 0 aliphatic heterocycles. The summed E-state index contributed by atoms with van der Waals surface area (Å²) < 4.78 is 0.535. The molecule has 0 amide bonds. The van der Waals surface area contributed by atoms with E-state index in [4.69, 9.17) is 0 Å². The van der Waals surface area contributed by atoms with Crippen LogP contribution in [0.1, 0.15) is 79.1 Å². The lowest BCUT2D eigenvalue weighted by atomic mass is 10.0. The molecule has 0 heterocycles. The van der Waals surface area contributed by atoms with Gasteiger partial charge in [-0.2, -0.15) is 0 Å². The van der Waals surface area contributed by atoms with E-state index < -0.39 is 12.0 Å². The Morgan fingerprint density at radius 1 is 0.955 bits per heavy atom. The van der Waals surface area contributed by atoms with Crippen molar-refractivity contribution < 1.29 is 19.5 Å². The zero-order valence-corrected chi connectivity index (χ0v) is 15.2. The molecule has 4 heteroatoms. The Morgan fingerprint density at radius 3 is 1.95 bits per heavy atom. The molecule has 132 valence electrons. The number of carboxylic acids is 1. The van der Waals surface area contributed by atoms with Gasteiger partial charge in [0.25, 0.3) is 0 Å². The number of nitrogens with zero attached hydrogens (tertiary/aromatic N) is 1. The van der Waals surface area contributed by atoms with Crippen molar-refractivity contribution in [2.75, 3.05) is 19.6 Å². The van der Waals surface area contributed by atoms with Gasteiger partial charge in [-0.05, 0) is 19.3 Å². The highest BCUT2D eigenvalue weighted by Gasteiger charge is 2.40. The molecule has 0 spiro atoms. The Hall–Kier alpha value is -0.610. The Morgan fingerprint density at radius 2 is 1.55 bits per heavy atom. The molecule has 0 fully saturated rings. The molecule has 2 unspecified atom stereocenters. The Bertz CT molecular complexity index is 288. The molecule has 2 N–H and O–H groups in total. The third-order valence-electron chi connectivity index (χ3n) is 4.64. The summed E-state index contributed by atoms with van der Waals surface area (Å²) in [4.78, 5) is 11.7. The first-order valence-electron chi connectivity index (χ1n) is 9.23. The van der Waals surface area contributed by atoms with E-state index in [1.54, 1.807) is 0 Å². The maximum atomic E-state index is 11.7. The highest BCUT2D eigenvalue weighted by Crippen LogP contribution is 2.22. The molecule has 0 aromatic carbocycles. The number of hydrogen-bond donors (Lipinski definition) is 2. The summed E-state index contributed by atoms with van der Waals surface area (Å²) in [6, 6.07) is -0.398. The molecule has 0 aromatic rings. The molecule has 0 saturated carbocycles. The molecular formula is C18H38NO3+. The van der Waals surface area contributed by atoms with Crippen LogP contribution in [0.25, 0.3) is 0 Å². The minimum absolute atomic E-state index is 0.386. The van der Waals surface area contributed by atoms with Crippen molar-refractivity contribution in [1.82, 2.24) is 0 Å². The van der Waals surface area contributed by atoms with Crippen molar-refractivity contribution in [3.05, 3.63) is 0 Å². The third kappa shape index (κ3) is 7.10. The molecule has 22 heavy (non-hydrogen) atoms. The largest absolute Gasteiger partial charge is 0.477 e. The average Bonchev–Trinajstić information content (AvgIpc) is 2.44. The van der Waals surface area contributed by atoms with Gasteiger partial charge in [0.1, 0.15) is 12.6 Å². The second-order valence-electron chi connectivity index (χ2n) is 6.61. The van der Waals surface area contributed by atoms with Crippen molar-refractivity contribution in [2.45, 2.75) is 91.2 Å². The summed E-state index contributed by atoms with van der Waals surface area (Å²) in [5.74, 6) is -0.720. The van der Waals surface area contributed by atoms with E-state index in [0.29, 0.717) is 17.4 Å². The Labute approximate surface area is 137 Å². The van der Waals surface area contributed by atoms with Gasteiger partial charge in [-0.1, -0.05) is 53.4 Å². The van der Waals surface area contributed by atoms with Crippen LogP contribution in [0, 0.1) is 0 Å². The monoisotopic (exact) mass is 316 g/mol. The fraction of sp³-hybridized carbons (Fsp3) is 0.944. The van der Waals surface area contributed by atoms with Crippen LogP contribution in [0.4, 0.5) is 0 Å². The Balaban J connectivity index is 4.92. The van der Waals surface area contributed by atoms with Crippen LogP contribution in [0.5, 0.6) is 0 Å². The number of hydrogen-bond acceptors (Lipinski definition) is 2. The predicted molar refractivity (Wildman–Crippen MR) is 91.9 cm³/mol. The second-order valence-corrected chi connectivity index (χ2v) is 6.61. The summed E-state index contributed by atoms with van der Waals surface area (Å²) in [5.41, 5.74) is 0. The van der Waals surface area contributed by atoms with Crippen LogP contribution in [-0.2, 0) is 4.79 Å². The van der Waals surface area contributed by atoms with Crippen LogP contribution in [0.3, 0.4) is 0 Å². The molecule has 2 atom stereocenters. The molecule has 0 saturated heterocycles. The van der Waals surface area contributed by atoms with Crippen LogP contribution in [0.2, 0.25) is 0 Å². The topological polar surface area (TPSA) is 57.5 Å². The molecule has 4 nitrogen and oxygen atoms in total. The van der Waals surface area contributed by atoms with Gasteiger partial charge < -0.3 is 14.7 Å². The fourth-order valence-electron chi connectivity index (χ4n) is 3.74. The van der Waals surface area contributed by atoms with Crippen molar-refractivity contribution in [3.8, 4) is 0 Å². The van der Waals surface area contributed by atoms with E-state index in [1.165, 1.54) is 12.8 Å². The summed E-state index contributed by atoms with van der Waals surface area (Å²) in [5, 5.41) is 20.1. The summed E-state index contributed by atoms with van der Waals surface area (Å²) in [6.45, 7) is 10.6. The van der Waals surface area contributed by atoms with E-state index in [9.17, 15) is 15.0 Å². The third-order valence-corrected chi connectivity index (χ3v) is 4.64. The first kappa shape index (κ1) is 21.4. The normalized spacial score (nSPS) is 14.8. The molecule has 0 aliphatic rings. The molecule has 0 rings (SSSR count). The average molecular weight is 317 g/mol. The van der Waals surface area contributed by atoms with Gasteiger partial charge >= 0.3 is 5.97 Å². The number of quaternary nitrogens is 1. The highest BCUT2D eigenvalue weighted by atomic mass is 16.4. The first-order chi connectivity index (χ1) is 10.5. The molecule has 0 aliphatic carbocycles. The number of aliphatic carboxylic acids is 1. The van der Waals surface area contributed by atoms with E-state index in [2.05, 4.69) is 20.8 Å². The standard InChI is InChI=1S/C18H37NO3/c1-5-9-10-11-12-16(20)15-19(13-6-2,14-7-3)17(8-4)18(21)22/h16-17,20H,5-15H2,1-4H3/p+1. The summed E-state index contributed by atoms with van der Waals surface area (Å²) in [6.07, 6.45) is 7.54. The lowest BCUT2D eigenvalue weighted by Crippen LogP contribution is -2.62. The maximum Gasteiger partial charge on any atom is 0.362 e. The van der Waals surface area contributed by atoms with Gasteiger partial charge in [-0.25, -0.2) is 4.79 Å². The van der Waals surface area contributed by atoms with Crippen molar-refractivity contribution in [3.63, 3.8) is 0 Å². The number of aliphatic hydroxyl groups is 1. The van der Waals surface area contributed by atoms with E-state index in [-0.39, 0.29) is 6.10 Å². The number of aliphatic hydroxyl groups excluding tert-OH is 1. The van der Waals surface area contributed by atoms with Crippen molar-refractivity contribution >= 4 is 5.97 Å². The first-order valence-corrected chi connectivity index (χ1v) is 9.23.